The molecule has 1 saturated heterocycles. The highest BCUT2D eigenvalue weighted by molar-refractivity contribution is 5.82. The highest BCUT2D eigenvalue weighted by atomic mass is 16.5. The fraction of sp³-hybridized carbons (Fsp3) is 0.941. The van der Waals surface area contributed by atoms with Gasteiger partial charge in [0.05, 0.1) is 12.1 Å². The van der Waals surface area contributed by atoms with E-state index < -0.39 is 0 Å². The number of hydrogen-bond donors (Lipinski definition) is 2. The van der Waals surface area contributed by atoms with Crippen LogP contribution in [0.2, 0.25) is 0 Å². The van der Waals surface area contributed by atoms with Gasteiger partial charge in [-0.15, -0.1) is 0 Å². The predicted octanol–water partition coefficient (Wildman–Crippen LogP) is 2.37. The van der Waals surface area contributed by atoms with Gasteiger partial charge in [0, 0.05) is 18.1 Å². The quantitative estimate of drug-likeness (QED) is 0.837. The Labute approximate surface area is 128 Å². The van der Waals surface area contributed by atoms with Crippen LogP contribution in [0.4, 0.5) is 0 Å². The largest absolute Gasteiger partial charge is 0.378 e. The lowest BCUT2D eigenvalue weighted by molar-refractivity contribution is -0.158. The minimum absolute atomic E-state index is 0.0329. The zero-order valence-corrected chi connectivity index (χ0v) is 13.3. The third-order valence-electron chi connectivity index (χ3n) is 5.88. The maximum Gasteiger partial charge on any atom is 0.237 e. The molecular formula is C17H30N2O2. The van der Waals surface area contributed by atoms with E-state index in [2.05, 4.69) is 17.6 Å². The Hall–Kier alpha value is -0.610. The van der Waals surface area contributed by atoms with Gasteiger partial charge in [0.25, 0.3) is 0 Å². The Morgan fingerprint density at radius 3 is 2.71 bits per heavy atom. The van der Waals surface area contributed by atoms with Crippen LogP contribution in [0.3, 0.4) is 0 Å². The van der Waals surface area contributed by atoms with Crippen LogP contribution >= 0.6 is 0 Å². The standard InChI is InChI=1S/C17H30N2O2/c1-2-21-15-12-14(17(15)9-5-3-6-10-17)19-16(20)13-8-4-7-11-18-13/h13-15,18H,2-12H2,1H3,(H,19,20). The van der Waals surface area contributed by atoms with E-state index >= 15 is 0 Å². The molecular weight excluding hydrogens is 264 g/mol. The van der Waals surface area contributed by atoms with E-state index in [1.165, 1.54) is 44.9 Å². The van der Waals surface area contributed by atoms with E-state index in [1.54, 1.807) is 0 Å². The van der Waals surface area contributed by atoms with E-state index in [9.17, 15) is 4.79 Å². The van der Waals surface area contributed by atoms with Gasteiger partial charge in [-0.1, -0.05) is 25.7 Å². The number of amides is 1. The molecule has 3 aliphatic rings. The number of carbonyl (C=O) groups excluding carboxylic acids is 1. The molecule has 2 aliphatic carbocycles. The average Bonchev–Trinajstić information content (AvgIpc) is 2.55. The van der Waals surface area contributed by atoms with Crippen molar-refractivity contribution in [2.45, 2.75) is 82.9 Å². The molecule has 3 fully saturated rings. The van der Waals surface area contributed by atoms with Crippen LogP contribution in [0.25, 0.3) is 0 Å². The summed E-state index contributed by atoms with van der Waals surface area (Å²) < 4.78 is 5.96. The third kappa shape index (κ3) is 2.98. The van der Waals surface area contributed by atoms with Gasteiger partial charge in [-0.2, -0.15) is 0 Å². The summed E-state index contributed by atoms with van der Waals surface area (Å²) in [4.78, 5) is 12.5. The van der Waals surface area contributed by atoms with E-state index in [4.69, 9.17) is 4.74 Å². The lowest BCUT2D eigenvalue weighted by atomic mass is 9.55. The van der Waals surface area contributed by atoms with Gasteiger partial charge in [0.15, 0.2) is 0 Å². The van der Waals surface area contributed by atoms with Crippen LogP contribution < -0.4 is 10.6 Å². The number of hydrogen-bond acceptors (Lipinski definition) is 3. The monoisotopic (exact) mass is 294 g/mol. The van der Waals surface area contributed by atoms with Crippen molar-refractivity contribution in [3.05, 3.63) is 0 Å². The summed E-state index contributed by atoms with van der Waals surface area (Å²) in [5.74, 6) is 0.222. The fourth-order valence-electron chi connectivity index (χ4n) is 4.61. The second-order valence-electron chi connectivity index (χ2n) is 7.04. The van der Waals surface area contributed by atoms with E-state index in [0.717, 1.165) is 26.0 Å². The fourth-order valence-corrected chi connectivity index (χ4v) is 4.61. The van der Waals surface area contributed by atoms with Crippen LogP contribution in [-0.2, 0) is 9.53 Å². The van der Waals surface area contributed by atoms with Gasteiger partial charge in [-0.3, -0.25) is 4.79 Å². The third-order valence-corrected chi connectivity index (χ3v) is 5.88. The number of carbonyl (C=O) groups is 1. The van der Waals surface area contributed by atoms with Crippen LogP contribution in [0, 0.1) is 5.41 Å². The van der Waals surface area contributed by atoms with Gasteiger partial charge in [-0.25, -0.2) is 0 Å². The molecule has 3 unspecified atom stereocenters. The topological polar surface area (TPSA) is 50.4 Å². The second-order valence-corrected chi connectivity index (χ2v) is 7.04. The van der Waals surface area contributed by atoms with Gasteiger partial charge in [0.2, 0.25) is 5.91 Å². The van der Waals surface area contributed by atoms with Crippen LogP contribution in [0.15, 0.2) is 0 Å². The summed E-state index contributed by atoms with van der Waals surface area (Å²) >= 11 is 0. The molecule has 120 valence electrons. The van der Waals surface area contributed by atoms with Gasteiger partial charge < -0.3 is 15.4 Å². The minimum Gasteiger partial charge on any atom is -0.378 e. The van der Waals surface area contributed by atoms with E-state index in [0.29, 0.717) is 12.1 Å². The summed E-state index contributed by atoms with van der Waals surface area (Å²) in [7, 11) is 0. The molecule has 3 atom stereocenters. The summed E-state index contributed by atoms with van der Waals surface area (Å²) in [6, 6.07) is 0.371. The molecule has 0 aromatic carbocycles. The number of ether oxygens (including phenoxy) is 1. The van der Waals surface area contributed by atoms with Gasteiger partial charge in [0.1, 0.15) is 0 Å². The van der Waals surface area contributed by atoms with Crippen LogP contribution in [0.5, 0.6) is 0 Å². The average molecular weight is 294 g/mol. The maximum atomic E-state index is 12.5. The van der Waals surface area contributed by atoms with Crippen molar-refractivity contribution < 1.29 is 9.53 Å². The molecule has 4 nitrogen and oxygen atoms in total. The Morgan fingerprint density at radius 2 is 2.05 bits per heavy atom. The van der Waals surface area contributed by atoms with Crippen LogP contribution in [-0.4, -0.2) is 37.2 Å². The summed E-state index contributed by atoms with van der Waals surface area (Å²) in [6.45, 7) is 3.85. The zero-order chi connectivity index (χ0) is 14.7. The molecule has 1 amide bonds. The van der Waals surface area contributed by atoms with Crippen molar-refractivity contribution in [2.75, 3.05) is 13.2 Å². The molecule has 1 heterocycles. The molecule has 2 saturated carbocycles. The highest BCUT2D eigenvalue weighted by Crippen LogP contribution is 2.53. The van der Waals surface area contributed by atoms with Crippen molar-refractivity contribution in [3.8, 4) is 0 Å². The van der Waals surface area contributed by atoms with Crippen molar-refractivity contribution in [3.63, 3.8) is 0 Å². The first-order chi connectivity index (χ1) is 10.3. The van der Waals surface area contributed by atoms with Crippen LogP contribution in [0.1, 0.15) is 64.7 Å². The second kappa shape index (κ2) is 6.66. The Balaban J connectivity index is 1.60. The van der Waals surface area contributed by atoms with Gasteiger partial charge in [-0.05, 0) is 45.6 Å². The molecule has 3 rings (SSSR count). The normalized spacial score (nSPS) is 35.2. The predicted molar refractivity (Wildman–Crippen MR) is 83.1 cm³/mol. The first-order valence-electron chi connectivity index (χ1n) is 8.91. The molecule has 0 aromatic rings. The molecule has 4 heteroatoms. The lowest BCUT2D eigenvalue weighted by Gasteiger charge is -2.57. The summed E-state index contributed by atoms with van der Waals surface area (Å²) in [5.41, 5.74) is 0.235. The first kappa shape index (κ1) is 15.3. The molecule has 0 bridgehead atoms. The maximum absolute atomic E-state index is 12.5. The molecule has 1 aliphatic heterocycles. The SMILES string of the molecule is CCOC1CC(NC(=O)C2CCCCN2)C12CCCCC2. The highest BCUT2D eigenvalue weighted by Gasteiger charge is 2.56. The number of rotatable bonds is 4. The summed E-state index contributed by atoms with van der Waals surface area (Å²) in [6.07, 6.45) is 11.1. The van der Waals surface area contributed by atoms with Crippen molar-refractivity contribution in [2.24, 2.45) is 5.41 Å². The molecule has 0 radical (unpaired) electrons. The Kier molecular flexibility index (Phi) is 4.85. The first-order valence-corrected chi connectivity index (χ1v) is 8.91. The van der Waals surface area contributed by atoms with Crippen molar-refractivity contribution in [1.82, 2.24) is 10.6 Å². The number of piperidine rings is 1. The zero-order valence-electron chi connectivity index (χ0n) is 13.3. The van der Waals surface area contributed by atoms with Crippen molar-refractivity contribution >= 4 is 5.91 Å². The van der Waals surface area contributed by atoms with Gasteiger partial charge >= 0.3 is 0 Å². The Morgan fingerprint density at radius 1 is 1.24 bits per heavy atom. The van der Waals surface area contributed by atoms with E-state index in [1.807, 2.05) is 0 Å². The van der Waals surface area contributed by atoms with Crippen molar-refractivity contribution in [1.29, 1.82) is 0 Å². The lowest BCUT2D eigenvalue weighted by Crippen LogP contribution is -2.67. The smallest absolute Gasteiger partial charge is 0.237 e. The number of nitrogens with one attached hydrogen (secondary N) is 2. The van der Waals surface area contributed by atoms with E-state index in [-0.39, 0.29) is 17.4 Å². The molecule has 21 heavy (non-hydrogen) atoms. The summed E-state index contributed by atoms with van der Waals surface area (Å²) in [5, 5.41) is 6.71. The molecule has 0 aromatic heterocycles. The minimum atomic E-state index is 0.0329. The Bertz CT molecular complexity index is 360. The molecule has 1 spiro atoms. The molecule has 2 N–H and O–H groups in total.